The highest BCUT2D eigenvalue weighted by atomic mass is 32.2. The van der Waals surface area contributed by atoms with Crippen molar-refractivity contribution in [3.63, 3.8) is 0 Å². The van der Waals surface area contributed by atoms with Crippen molar-refractivity contribution >= 4 is 21.5 Å². The van der Waals surface area contributed by atoms with Crippen molar-refractivity contribution in [2.24, 2.45) is 5.92 Å². The number of anilines is 2. The molecule has 1 aliphatic heterocycles. The van der Waals surface area contributed by atoms with E-state index in [0.29, 0.717) is 28.7 Å². The SMILES string of the molecule is CC(Oc1nc2c(c(NC3=CC=C(S(=O)(=O)C(F)(F)F)CC3)n1)CCN(c1ncccc1C(F)(F)F)CC2)C1CC1. The second-order valence-corrected chi connectivity index (χ2v) is 12.2. The third-order valence-corrected chi connectivity index (χ3v) is 8.97. The van der Waals surface area contributed by atoms with Crippen LogP contribution in [0, 0.1) is 5.92 Å². The predicted molar refractivity (Wildman–Crippen MR) is 138 cm³/mol. The van der Waals surface area contributed by atoms with Gasteiger partial charge in [-0.15, -0.1) is 0 Å². The normalized spacial score (nSPS) is 19.0. The second-order valence-electron chi connectivity index (χ2n) is 10.2. The monoisotopic (exact) mass is 603 g/mol. The Kier molecular flexibility index (Phi) is 7.68. The van der Waals surface area contributed by atoms with Crippen LogP contribution >= 0.6 is 0 Å². The number of pyridine rings is 1. The molecule has 1 saturated carbocycles. The number of hydrogen-bond acceptors (Lipinski definition) is 8. The van der Waals surface area contributed by atoms with Gasteiger partial charge in [0.05, 0.1) is 16.2 Å². The number of sulfone groups is 1. The molecule has 41 heavy (non-hydrogen) atoms. The van der Waals surface area contributed by atoms with Gasteiger partial charge in [0.15, 0.2) is 0 Å². The maximum Gasteiger partial charge on any atom is 0.501 e. The number of nitrogens with one attached hydrogen (secondary N) is 1. The highest BCUT2D eigenvalue weighted by Gasteiger charge is 2.48. The Bertz CT molecular complexity index is 1490. The summed E-state index contributed by atoms with van der Waals surface area (Å²) in [5, 5.41) is 3.09. The summed E-state index contributed by atoms with van der Waals surface area (Å²) < 4.78 is 110. The molecule has 5 rings (SSSR count). The van der Waals surface area contributed by atoms with E-state index in [9.17, 15) is 34.8 Å². The quantitative estimate of drug-likeness (QED) is 0.410. The van der Waals surface area contributed by atoms with Gasteiger partial charge in [0.2, 0.25) is 0 Å². The maximum atomic E-state index is 13.7. The minimum atomic E-state index is -5.43. The number of allylic oxidation sites excluding steroid dienone is 4. The lowest BCUT2D eigenvalue weighted by atomic mass is 10.1. The molecular weight excluding hydrogens is 576 g/mol. The van der Waals surface area contributed by atoms with Crippen LogP contribution in [0.4, 0.5) is 38.0 Å². The molecule has 1 N–H and O–H groups in total. The Morgan fingerprint density at radius 3 is 2.39 bits per heavy atom. The Balaban J connectivity index is 1.45. The smallest absolute Gasteiger partial charge is 0.460 e. The van der Waals surface area contributed by atoms with Crippen molar-refractivity contribution in [1.29, 1.82) is 0 Å². The van der Waals surface area contributed by atoms with E-state index < -0.39 is 32.0 Å². The molecule has 0 spiro atoms. The minimum Gasteiger partial charge on any atom is -0.460 e. The van der Waals surface area contributed by atoms with Crippen LogP contribution in [-0.2, 0) is 28.9 Å². The zero-order valence-corrected chi connectivity index (χ0v) is 22.7. The van der Waals surface area contributed by atoms with Gasteiger partial charge in [-0.25, -0.2) is 13.4 Å². The second kappa shape index (κ2) is 10.8. The third-order valence-electron chi connectivity index (χ3n) is 7.33. The molecule has 3 aliphatic rings. The zero-order valence-electron chi connectivity index (χ0n) is 21.9. The Morgan fingerprint density at radius 1 is 1.02 bits per heavy atom. The van der Waals surface area contributed by atoms with Crippen LogP contribution in [0.2, 0.25) is 0 Å². The van der Waals surface area contributed by atoms with Gasteiger partial charge in [-0.2, -0.15) is 36.3 Å². The first-order chi connectivity index (χ1) is 19.2. The van der Waals surface area contributed by atoms with Crippen molar-refractivity contribution in [3.05, 3.63) is 57.9 Å². The molecule has 0 saturated heterocycles. The fourth-order valence-corrected chi connectivity index (χ4v) is 5.81. The fourth-order valence-electron chi connectivity index (χ4n) is 4.89. The number of nitrogens with zero attached hydrogens (tertiary/aromatic N) is 4. The summed E-state index contributed by atoms with van der Waals surface area (Å²) in [6.07, 6.45) is 0.902. The van der Waals surface area contributed by atoms with Gasteiger partial charge < -0.3 is 15.0 Å². The molecule has 1 fully saturated rings. The summed E-state index contributed by atoms with van der Waals surface area (Å²) in [7, 11) is -5.43. The summed E-state index contributed by atoms with van der Waals surface area (Å²) in [6.45, 7) is 2.28. The minimum absolute atomic E-state index is 0.0242. The number of alkyl halides is 6. The van der Waals surface area contributed by atoms with Gasteiger partial charge in [-0.05, 0) is 69.2 Å². The molecule has 222 valence electrons. The number of hydrogen-bond donors (Lipinski definition) is 1. The molecule has 8 nitrogen and oxygen atoms in total. The average molecular weight is 604 g/mol. The molecule has 2 aromatic rings. The van der Waals surface area contributed by atoms with E-state index in [4.69, 9.17) is 4.74 Å². The highest BCUT2D eigenvalue weighted by Crippen LogP contribution is 2.38. The van der Waals surface area contributed by atoms with Crippen molar-refractivity contribution in [2.75, 3.05) is 23.3 Å². The van der Waals surface area contributed by atoms with Gasteiger partial charge in [0.1, 0.15) is 17.7 Å². The molecule has 3 heterocycles. The number of halogens is 6. The molecule has 2 aliphatic carbocycles. The molecule has 0 bridgehead atoms. The number of aromatic nitrogens is 3. The van der Waals surface area contributed by atoms with E-state index in [1.165, 1.54) is 18.3 Å². The molecule has 2 aromatic heterocycles. The van der Waals surface area contributed by atoms with Crippen molar-refractivity contribution in [1.82, 2.24) is 15.0 Å². The van der Waals surface area contributed by atoms with Gasteiger partial charge >= 0.3 is 17.7 Å². The van der Waals surface area contributed by atoms with Crippen LogP contribution in [0.3, 0.4) is 0 Å². The van der Waals surface area contributed by atoms with Crippen LogP contribution in [0.25, 0.3) is 0 Å². The fraction of sp³-hybridized carbons (Fsp3) is 0.500. The summed E-state index contributed by atoms with van der Waals surface area (Å²) in [6, 6.07) is 2.30. The molecule has 0 amide bonds. The van der Waals surface area contributed by atoms with E-state index >= 15 is 0 Å². The highest BCUT2D eigenvalue weighted by molar-refractivity contribution is 7.96. The van der Waals surface area contributed by atoms with Gasteiger partial charge in [-0.3, -0.25) is 0 Å². The van der Waals surface area contributed by atoms with Crippen molar-refractivity contribution < 1.29 is 39.5 Å². The Morgan fingerprint density at radius 2 is 1.76 bits per heavy atom. The summed E-state index contributed by atoms with van der Waals surface area (Å²) in [5.41, 5.74) is -4.61. The number of fused-ring (bicyclic) bond motifs is 1. The lowest BCUT2D eigenvalue weighted by Crippen LogP contribution is -2.29. The molecule has 0 aromatic carbocycles. The van der Waals surface area contributed by atoms with Crippen molar-refractivity contribution in [2.45, 2.75) is 63.2 Å². The molecule has 15 heteroatoms. The lowest BCUT2D eigenvalue weighted by molar-refractivity contribution is -0.137. The largest absolute Gasteiger partial charge is 0.501 e. The maximum absolute atomic E-state index is 13.7. The topological polar surface area (TPSA) is 97.3 Å². The van der Waals surface area contributed by atoms with Gasteiger partial charge in [-0.1, -0.05) is 0 Å². The van der Waals surface area contributed by atoms with Crippen LogP contribution in [0.5, 0.6) is 6.01 Å². The predicted octanol–water partition coefficient (Wildman–Crippen LogP) is 5.58. The molecule has 1 unspecified atom stereocenters. The molecular formula is C26H27F6N5O3S. The Labute approximate surface area is 232 Å². The Hall–Kier alpha value is -3.36. The summed E-state index contributed by atoms with van der Waals surface area (Å²) in [4.78, 5) is 13.9. The third kappa shape index (κ3) is 6.28. The van der Waals surface area contributed by atoms with Crippen LogP contribution < -0.4 is 15.0 Å². The van der Waals surface area contributed by atoms with Crippen LogP contribution in [-0.4, -0.2) is 48.1 Å². The molecule has 0 radical (unpaired) electrons. The van der Waals surface area contributed by atoms with E-state index in [1.54, 1.807) is 4.90 Å². The average Bonchev–Trinajstić information content (AvgIpc) is 3.76. The first-order valence-electron chi connectivity index (χ1n) is 13.1. The standard InChI is InChI=1S/C26H27F6N5O3S/c1-15(16-4-5-16)40-24-35-21-11-14-37(23-20(25(27,28)29)3-2-12-33-23)13-10-19(21)22(36-24)34-17-6-8-18(9-7-17)41(38,39)26(30,31)32/h2-3,6,8,12,15-16H,4-5,7,9-11,13-14H2,1H3,(H,34,35,36). The van der Waals surface area contributed by atoms with E-state index in [-0.39, 0.29) is 56.7 Å². The van der Waals surface area contributed by atoms with Crippen molar-refractivity contribution in [3.8, 4) is 6.01 Å². The van der Waals surface area contributed by atoms with E-state index in [1.807, 2.05) is 6.92 Å². The lowest BCUT2D eigenvalue weighted by Gasteiger charge is -2.24. The van der Waals surface area contributed by atoms with Crippen LogP contribution in [0.1, 0.15) is 49.4 Å². The zero-order chi connectivity index (χ0) is 29.6. The number of ether oxygens (including phenoxy) is 1. The molecule has 1 atom stereocenters. The van der Waals surface area contributed by atoms with Gasteiger partial charge in [0.25, 0.3) is 9.84 Å². The van der Waals surface area contributed by atoms with Crippen LogP contribution in [0.15, 0.2) is 41.1 Å². The first-order valence-corrected chi connectivity index (χ1v) is 14.5. The first kappa shape index (κ1) is 29.1. The summed E-state index contributed by atoms with van der Waals surface area (Å²) >= 11 is 0. The van der Waals surface area contributed by atoms with E-state index in [0.717, 1.165) is 25.0 Å². The van der Waals surface area contributed by atoms with E-state index in [2.05, 4.69) is 20.3 Å². The number of rotatable bonds is 7. The summed E-state index contributed by atoms with van der Waals surface area (Å²) in [5.74, 6) is 0.496. The van der Waals surface area contributed by atoms with Gasteiger partial charge in [0, 0.05) is 37.0 Å².